The first-order valence-electron chi connectivity index (χ1n) is 7.06. The molecule has 1 unspecified atom stereocenters. The lowest BCUT2D eigenvalue weighted by molar-refractivity contribution is 0.569. The number of rotatable bonds is 4. The third-order valence-electron chi connectivity index (χ3n) is 3.92. The molecule has 1 aliphatic carbocycles. The van der Waals surface area contributed by atoms with Gasteiger partial charge >= 0.3 is 0 Å². The monoisotopic (exact) mass is 259 g/mol. The molecule has 18 heavy (non-hydrogen) atoms. The predicted octanol–water partition coefficient (Wildman–Crippen LogP) is 4.31. The summed E-state index contributed by atoms with van der Waals surface area (Å²) in [5.41, 5.74) is 3.17. The Morgan fingerprint density at radius 1 is 1.22 bits per heavy atom. The van der Waals surface area contributed by atoms with Crippen LogP contribution in [0.15, 0.2) is 40.8 Å². The molecule has 0 spiro atoms. The Hall–Kier alpha value is -0.730. The number of nitrogens with one attached hydrogen (secondary N) is 1. The third kappa shape index (κ3) is 2.81. The van der Waals surface area contributed by atoms with E-state index in [2.05, 4.69) is 35.7 Å². The highest BCUT2D eigenvalue weighted by atomic mass is 32.2. The first kappa shape index (κ1) is 12.3. The van der Waals surface area contributed by atoms with Crippen molar-refractivity contribution in [1.29, 1.82) is 0 Å². The van der Waals surface area contributed by atoms with Gasteiger partial charge in [0.25, 0.3) is 0 Å². The molecule has 1 aromatic rings. The van der Waals surface area contributed by atoms with Crippen LogP contribution in [-0.4, -0.2) is 12.3 Å². The summed E-state index contributed by atoms with van der Waals surface area (Å²) in [7, 11) is 0. The van der Waals surface area contributed by atoms with E-state index in [1.165, 1.54) is 48.3 Å². The molecule has 0 saturated heterocycles. The zero-order valence-corrected chi connectivity index (χ0v) is 11.6. The number of hydrogen-bond acceptors (Lipinski definition) is 2. The van der Waals surface area contributed by atoms with Gasteiger partial charge < -0.3 is 5.32 Å². The van der Waals surface area contributed by atoms with Crippen LogP contribution in [0.25, 0.3) is 0 Å². The van der Waals surface area contributed by atoms with Gasteiger partial charge in [0.2, 0.25) is 0 Å². The fraction of sp³-hybridized carbons (Fsp3) is 0.500. The van der Waals surface area contributed by atoms with Crippen LogP contribution in [0, 0.1) is 0 Å². The minimum absolute atomic E-state index is 0.565. The van der Waals surface area contributed by atoms with Gasteiger partial charge in [-0.3, -0.25) is 0 Å². The molecule has 0 amide bonds. The largest absolute Gasteiger partial charge is 0.309 e. The van der Waals surface area contributed by atoms with Crippen LogP contribution in [0.5, 0.6) is 0 Å². The Bertz CT molecular complexity index is 438. The average Bonchev–Trinajstić information content (AvgIpc) is 2.84. The maximum absolute atomic E-state index is 3.72. The molecule has 1 N–H and O–H groups in total. The summed E-state index contributed by atoms with van der Waals surface area (Å²) in [6.07, 6.45) is 9.12. The number of thioether (sulfide) groups is 1. The summed E-state index contributed by atoms with van der Waals surface area (Å²) >= 11 is 1.98. The molecule has 1 aliphatic heterocycles. The third-order valence-corrected chi connectivity index (χ3v) is 5.10. The minimum Gasteiger partial charge on any atom is -0.309 e. The molecule has 1 atom stereocenters. The normalized spacial score (nSPS) is 22.7. The van der Waals surface area contributed by atoms with Crippen LogP contribution < -0.4 is 5.32 Å². The molecular weight excluding hydrogens is 238 g/mol. The molecule has 2 heteroatoms. The van der Waals surface area contributed by atoms with Crippen LogP contribution in [0.2, 0.25) is 0 Å². The molecule has 1 heterocycles. The van der Waals surface area contributed by atoms with E-state index in [4.69, 9.17) is 0 Å². The maximum Gasteiger partial charge on any atom is 0.0426 e. The number of hydrogen-bond donors (Lipinski definition) is 1. The fourth-order valence-electron chi connectivity index (χ4n) is 2.87. The quantitative estimate of drug-likeness (QED) is 0.808. The molecule has 1 aromatic carbocycles. The van der Waals surface area contributed by atoms with Crippen LogP contribution >= 0.6 is 11.8 Å². The van der Waals surface area contributed by atoms with Gasteiger partial charge in [0.1, 0.15) is 0 Å². The lowest BCUT2D eigenvalue weighted by atomic mass is 9.97. The smallest absolute Gasteiger partial charge is 0.0426 e. The molecule has 0 bridgehead atoms. The van der Waals surface area contributed by atoms with Crippen LogP contribution in [0.3, 0.4) is 0 Å². The first-order chi connectivity index (χ1) is 8.93. The molecular formula is C16H21NS. The van der Waals surface area contributed by atoms with E-state index in [0.29, 0.717) is 6.04 Å². The zero-order chi connectivity index (χ0) is 12.2. The van der Waals surface area contributed by atoms with Crippen molar-refractivity contribution in [2.75, 3.05) is 12.3 Å². The Kier molecular flexibility index (Phi) is 4.06. The van der Waals surface area contributed by atoms with Crippen molar-refractivity contribution in [3.05, 3.63) is 41.5 Å². The highest BCUT2D eigenvalue weighted by Gasteiger charge is 2.21. The summed E-state index contributed by atoms with van der Waals surface area (Å²) in [5, 5.41) is 3.72. The Morgan fingerprint density at radius 3 is 3.06 bits per heavy atom. The Morgan fingerprint density at radius 2 is 2.17 bits per heavy atom. The number of allylic oxidation sites excluding steroid dienone is 1. The van der Waals surface area contributed by atoms with Gasteiger partial charge in [0.15, 0.2) is 0 Å². The van der Waals surface area contributed by atoms with E-state index in [-0.39, 0.29) is 0 Å². The van der Waals surface area contributed by atoms with Gasteiger partial charge in [-0.1, -0.05) is 29.8 Å². The maximum atomic E-state index is 3.72. The van der Waals surface area contributed by atoms with Crippen molar-refractivity contribution in [1.82, 2.24) is 5.32 Å². The van der Waals surface area contributed by atoms with Gasteiger partial charge in [-0.05, 0) is 50.3 Å². The van der Waals surface area contributed by atoms with Crippen LogP contribution in [0.4, 0.5) is 0 Å². The molecule has 2 aliphatic rings. The second kappa shape index (κ2) is 5.94. The molecule has 96 valence electrons. The number of fused-ring (bicyclic) bond motifs is 1. The molecule has 1 nitrogen and oxygen atoms in total. The average molecular weight is 259 g/mol. The molecule has 0 saturated carbocycles. The highest BCUT2D eigenvalue weighted by Crippen LogP contribution is 2.37. The fourth-order valence-corrected chi connectivity index (χ4v) is 4.07. The minimum atomic E-state index is 0.565. The van der Waals surface area contributed by atoms with E-state index in [9.17, 15) is 0 Å². The van der Waals surface area contributed by atoms with Crippen molar-refractivity contribution >= 4 is 11.8 Å². The second-order valence-electron chi connectivity index (χ2n) is 5.21. The highest BCUT2D eigenvalue weighted by molar-refractivity contribution is 7.99. The van der Waals surface area contributed by atoms with E-state index >= 15 is 0 Å². The summed E-state index contributed by atoms with van der Waals surface area (Å²) in [6.45, 7) is 1.13. The van der Waals surface area contributed by atoms with E-state index < -0.39 is 0 Å². The van der Waals surface area contributed by atoms with Crippen molar-refractivity contribution in [3.8, 4) is 0 Å². The Balaban J connectivity index is 1.51. The lowest BCUT2D eigenvalue weighted by Gasteiger charge is -2.16. The van der Waals surface area contributed by atoms with Gasteiger partial charge in [-0.25, -0.2) is 0 Å². The van der Waals surface area contributed by atoms with Gasteiger partial charge in [0.05, 0.1) is 0 Å². The summed E-state index contributed by atoms with van der Waals surface area (Å²) in [6, 6.07) is 9.37. The summed E-state index contributed by atoms with van der Waals surface area (Å²) < 4.78 is 0. The van der Waals surface area contributed by atoms with Gasteiger partial charge in [0, 0.05) is 16.7 Å². The summed E-state index contributed by atoms with van der Waals surface area (Å²) in [4.78, 5) is 1.46. The van der Waals surface area contributed by atoms with E-state index in [1.54, 1.807) is 5.57 Å². The van der Waals surface area contributed by atoms with Crippen molar-refractivity contribution in [2.24, 2.45) is 0 Å². The second-order valence-corrected chi connectivity index (χ2v) is 6.28. The summed E-state index contributed by atoms with van der Waals surface area (Å²) in [5.74, 6) is 1.19. The van der Waals surface area contributed by atoms with Crippen molar-refractivity contribution in [3.63, 3.8) is 0 Å². The Labute approximate surface area is 114 Å². The van der Waals surface area contributed by atoms with Gasteiger partial charge in [-0.15, -0.1) is 11.8 Å². The topological polar surface area (TPSA) is 12.0 Å². The SMILES string of the molecule is C1=C(CCNC2CSc3ccccc32)CCCC1. The molecule has 0 fully saturated rings. The zero-order valence-electron chi connectivity index (χ0n) is 10.8. The predicted molar refractivity (Wildman–Crippen MR) is 79.1 cm³/mol. The van der Waals surface area contributed by atoms with E-state index in [1.807, 2.05) is 11.8 Å². The molecule has 0 aromatic heterocycles. The first-order valence-corrected chi connectivity index (χ1v) is 8.05. The van der Waals surface area contributed by atoms with E-state index in [0.717, 1.165) is 6.54 Å². The van der Waals surface area contributed by atoms with Crippen LogP contribution in [0.1, 0.15) is 43.7 Å². The van der Waals surface area contributed by atoms with Crippen molar-refractivity contribution < 1.29 is 0 Å². The molecule has 3 rings (SSSR count). The van der Waals surface area contributed by atoms with Crippen molar-refractivity contribution in [2.45, 2.75) is 43.0 Å². The van der Waals surface area contributed by atoms with Crippen LogP contribution in [-0.2, 0) is 0 Å². The standard InChI is InChI=1S/C16H21NS/c1-2-6-13(7-3-1)10-11-17-15-12-18-16-9-5-4-8-14(15)16/h4-6,8-9,15,17H,1-3,7,10-12H2. The molecule has 0 radical (unpaired) electrons. The number of benzene rings is 1. The lowest BCUT2D eigenvalue weighted by Crippen LogP contribution is -2.22. The van der Waals surface area contributed by atoms with Gasteiger partial charge in [-0.2, -0.15) is 0 Å².